The van der Waals surface area contributed by atoms with Gasteiger partial charge in [0.1, 0.15) is 11.5 Å². The molecule has 1 aliphatic rings. The van der Waals surface area contributed by atoms with E-state index >= 15 is 0 Å². The normalized spacial score (nSPS) is 14.0. The third-order valence-electron chi connectivity index (χ3n) is 4.72. The molecular formula is C21H23ClN2O4. The van der Waals surface area contributed by atoms with E-state index in [1.54, 1.807) is 59.4 Å². The van der Waals surface area contributed by atoms with Crippen LogP contribution in [0.4, 0.5) is 0 Å². The monoisotopic (exact) mass is 402 g/mol. The average Bonchev–Trinajstić information content (AvgIpc) is 2.72. The second-order valence-corrected chi connectivity index (χ2v) is 7.04. The molecule has 2 aromatic carbocycles. The lowest BCUT2D eigenvalue weighted by atomic mass is 10.1. The molecule has 6 nitrogen and oxygen atoms in total. The first-order valence-electron chi connectivity index (χ1n) is 9.08. The van der Waals surface area contributed by atoms with Crippen LogP contribution in [0.15, 0.2) is 42.5 Å². The quantitative estimate of drug-likeness (QED) is 0.771. The molecule has 0 saturated carbocycles. The molecule has 2 aromatic rings. The molecule has 28 heavy (non-hydrogen) atoms. The van der Waals surface area contributed by atoms with E-state index in [1.165, 1.54) is 0 Å². The summed E-state index contributed by atoms with van der Waals surface area (Å²) >= 11 is 5.93. The van der Waals surface area contributed by atoms with Gasteiger partial charge >= 0.3 is 0 Å². The fourth-order valence-corrected chi connectivity index (χ4v) is 3.33. The van der Waals surface area contributed by atoms with Crippen LogP contribution in [0.25, 0.3) is 0 Å². The highest BCUT2D eigenvalue weighted by atomic mass is 35.5. The molecule has 1 heterocycles. The SMILES string of the molecule is COc1cccc(C(=O)N2CCN(C(=O)COc3ccc(Cl)cc3C)CC2)c1. The van der Waals surface area contributed by atoms with Gasteiger partial charge in [0, 0.05) is 36.8 Å². The summed E-state index contributed by atoms with van der Waals surface area (Å²) < 4.78 is 10.8. The smallest absolute Gasteiger partial charge is 0.260 e. The maximum Gasteiger partial charge on any atom is 0.260 e. The van der Waals surface area contributed by atoms with E-state index in [-0.39, 0.29) is 18.4 Å². The zero-order valence-electron chi connectivity index (χ0n) is 16.0. The molecule has 0 atom stereocenters. The Balaban J connectivity index is 1.51. The van der Waals surface area contributed by atoms with E-state index in [0.717, 1.165) is 5.56 Å². The molecule has 7 heteroatoms. The van der Waals surface area contributed by atoms with E-state index in [9.17, 15) is 9.59 Å². The number of benzene rings is 2. The molecule has 0 aliphatic carbocycles. The van der Waals surface area contributed by atoms with E-state index in [4.69, 9.17) is 21.1 Å². The van der Waals surface area contributed by atoms with Crippen molar-refractivity contribution in [3.8, 4) is 11.5 Å². The second kappa shape index (κ2) is 8.97. The number of hydrogen-bond acceptors (Lipinski definition) is 4. The van der Waals surface area contributed by atoms with Crippen molar-refractivity contribution in [3.63, 3.8) is 0 Å². The van der Waals surface area contributed by atoms with Gasteiger partial charge in [-0.2, -0.15) is 0 Å². The summed E-state index contributed by atoms with van der Waals surface area (Å²) in [5, 5.41) is 0.632. The number of piperazine rings is 1. The summed E-state index contributed by atoms with van der Waals surface area (Å²) in [6, 6.07) is 12.4. The van der Waals surface area contributed by atoms with Crippen LogP contribution in [0.3, 0.4) is 0 Å². The molecular weight excluding hydrogens is 380 g/mol. The van der Waals surface area contributed by atoms with Gasteiger partial charge in [-0.3, -0.25) is 9.59 Å². The van der Waals surface area contributed by atoms with Gasteiger partial charge in [0.25, 0.3) is 11.8 Å². The average molecular weight is 403 g/mol. The first-order chi connectivity index (χ1) is 13.5. The molecule has 2 amide bonds. The van der Waals surface area contributed by atoms with Gasteiger partial charge in [0.2, 0.25) is 0 Å². The van der Waals surface area contributed by atoms with E-state index in [0.29, 0.717) is 48.3 Å². The van der Waals surface area contributed by atoms with Gasteiger partial charge in [-0.15, -0.1) is 0 Å². The summed E-state index contributed by atoms with van der Waals surface area (Å²) in [4.78, 5) is 28.6. The lowest BCUT2D eigenvalue weighted by Gasteiger charge is -2.34. The zero-order chi connectivity index (χ0) is 20.1. The molecule has 148 valence electrons. The van der Waals surface area contributed by atoms with E-state index in [1.807, 2.05) is 6.92 Å². The van der Waals surface area contributed by atoms with Crippen LogP contribution in [0.2, 0.25) is 5.02 Å². The van der Waals surface area contributed by atoms with E-state index < -0.39 is 0 Å². The topological polar surface area (TPSA) is 59.1 Å². The predicted molar refractivity (Wildman–Crippen MR) is 107 cm³/mol. The van der Waals surface area contributed by atoms with Gasteiger partial charge in [-0.1, -0.05) is 17.7 Å². The maximum atomic E-state index is 12.7. The predicted octanol–water partition coefficient (Wildman–Crippen LogP) is 3.02. The van der Waals surface area contributed by atoms with Crippen molar-refractivity contribution in [2.75, 3.05) is 39.9 Å². The number of nitrogens with zero attached hydrogens (tertiary/aromatic N) is 2. The lowest BCUT2D eigenvalue weighted by molar-refractivity contribution is -0.134. The van der Waals surface area contributed by atoms with Crippen molar-refractivity contribution in [3.05, 3.63) is 58.6 Å². The third kappa shape index (κ3) is 4.75. The molecule has 0 unspecified atom stereocenters. The van der Waals surface area contributed by atoms with Gasteiger partial charge in [-0.25, -0.2) is 0 Å². The number of methoxy groups -OCH3 is 1. The number of carbonyl (C=O) groups excluding carboxylic acids is 2. The largest absolute Gasteiger partial charge is 0.497 e. The minimum absolute atomic E-state index is 0.0354. The molecule has 0 spiro atoms. The summed E-state index contributed by atoms with van der Waals surface area (Å²) in [5.74, 6) is 1.14. The summed E-state index contributed by atoms with van der Waals surface area (Å²) in [7, 11) is 1.57. The molecule has 1 saturated heterocycles. The van der Waals surface area contributed by atoms with Gasteiger partial charge < -0.3 is 19.3 Å². The Hall–Kier alpha value is -2.73. The number of rotatable bonds is 5. The van der Waals surface area contributed by atoms with Crippen molar-refractivity contribution in [1.29, 1.82) is 0 Å². The number of halogens is 1. The number of carbonyl (C=O) groups is 2. The van der Waals surface area contributed by atoms with Crippen molar-refractivity contribution in [2.45, 2.75) is 6.92 Å². The fourth-order valence-electron chi connectivity index (χ4n) is 3.10. The van der Waals surface area contributed by atoms with Crippen LogP contribution < -0.4 is 9.47 Å². The number of hydrogen-bond donors (Lipinski definition) is 0. The van der Waals surface area contributed by atoms with Crippen LogP contribution in [-0.4, -0.2) is 61.5 Å². The molecule has 0 N–H and O–H groups in total. The van der Waals surface area contributed by atoms with Crippen LogP contribution in [0, 0.1) is 6.92 Å². The highest BCUT2D eigenvalue weighted by Crippen LogP contribution is 2.22. The molecule has 0 bridgehead atoms. The first kappa shape index (κ1) is 20.0. The highest BCUT2D eigenvalue weighted by molar-refractivity contribution is 6.30. The zero-order valence-corrected chi connectivity index (χ0v) is 16.7. The Morgan fingerprint density at radius 1 is 1.04 bits per heavy atom. The summed E-state index contributed by atoms with van der Waals surface area (Å²) in [5.41, 5.74) is 1.47. The summed E-state index contributed by atoms with van der Waals surface area (Å²) in [6.45, 7) is 3.79. The van der Waals surface area contributed by atoms with Crippen LogP contribution in [0.1, 0.15) is 15.9 Å². The number of amides is 2. The minimum Gasteiger partial charge on any atom is -0.497 e. The fraction of sp³-hybridized carbons (Fsp3) is 0.333. The molecule has 0 aromatic heterocycles. The second-order valence-electron chi connectivity index (χ2n) is 6.60. The molecule has 3 rings (SSSR count). The first-order valence-corrected chi connectivity index (χ1v) is 9.46. The Kier molecular flexibility index (Phi) is 6.41. The summed E-state index contributed by atoms with van der Waals surface area (Å²) in [6.07, 6.45) is 0. The number of ether oxygens (including phenoxy) is 2. The standard InChI is InChI=1S/C21H23ClN2O4/c1-15-12-17(22)6-7-19(15)28-14-20(25)23-8-10-24(11-9-23)21(26)16-4-3-5-18(13-16)27-2/h3-7,12-13H,8-11,14H2,1-2H3. The van der Waals surface area contributed by atoms with Gasteiger partial charge in [-0.05, 0) is 48.9 Å². The van der Waals surface area contributed by atoms with E-state index in [2.05, 4.69) is 0 Å². The number of aryl methyl sites for hydroxylation is 1. The van der Waals surface area contributed by atoms with Crippen LogP contribution >= 0.6 is 11.6 Å². The Labute approximate surface area is 169 Å². The Bertz CT molecular complexity index is 863. The minimum atomic E-state index is -0.0946. The lowest BCUT2D eigenvalue weighted by Crippen LogP contribution is -2.51. The molecule has 0 radical (unpaired) electrons. The van der Waals surface area contributed by atoms with Gasteiger partial charge in [0.05, 0.1) is 7.11 Å². The molecule has 1 fully saturated rings. The van der Waals surface area contributed by atoms with Crippen molar-refractivity contribution in [1.82, 2.24) is 9.80 Å². The highest BCUT2D eigenvalue weighted by Gasteiger charge is 2.25. The van der Waals surface area contributed by atoms with Crippen molar-refractivity contribution < 1.29 is 19.1 Å². The van der Waals surface area contributed by atoms with Crippen LogP contribution in [0.5, 0.6) is 11.5 Å². The molecule has 1 aliphatic heterocycles. The Morgan fingerprint density at radius 3 is 2.43 bits per heavy atom. The van der Waals surface area contributed by atoms with Crippen molar-refractivity contribution in [2.24, 2.45) is 0 Å². The van der Waals surface area contributed by atoms with Crippen molar-refractivity contribution >= 4 is 23.4 Å². The van der Waals surface area contributed by atoms with Gasteiger partial charge in [0.15, 0.2) is 6.61 Å². The van der Waals surface area contributed by atoms with Crippen LogP contribution in [-0.2, 0) is 4.79 Å². The Morgan fingerprint density at radius 2 is 1.75 bits per heavy atom. The maximum absolute atomic E-state index is 12.7. The third-order valence-corrected chi connectivity index (χ3v) is 4.96.